The van der Waals surface area contributed by atoms with Gasteiger partial charge in [-0.05, 0) is 37.1 Å². The summed E-state index contributed by atoms with van der Waals surface area (Å²) in [6.45, 7) is 6.52. The summed E-state index contributed by atoms with van der Waals surface area (Å²) in [6.07, 6.45) is 5.13. The zero-order valence-corrected chi connectivity index (χ0v) is 21.5. The second-order valence-corrected chi connectivity index (χ2v) is 9.64. The van der Waals surface area contributed by atoms with Gasteiger partial charge in [0.15, 0.2) is 11.5 Å². The number of nitrogens with zero attached hydrogens (tertiary/aromatic N) is 3. The van der Waals surface area contributed by atoms with Crippen LogP contribution in [-0.4, -0.2) is 73.6 Å². The van der Waals surface area contributed by atoms with Gasteiger partial charge >= 0.3 is 0 Å². The SMILES string of the molecule is Fc1ccc(Nc2ncnc3cc(OCCCN4CCCOCC4)c(OC4CCOCC4)cc23)cc1Cl. The lowest BCUT2D eigenvalue weighted by Crippen LogP contribution is -2.28. The first kappa shape index (κ1) is 25.9. The van der Waals surface area contributed by atoms with E-state index in [0.29, 0.717) is 48.3 Å². The molecule has 5 rings (SSSR count). The maximum Gasteiger partial charge on any atom is 0.163 e. The molecule has 2 aliphatic rings. The van der Waals surface area contributed by atoms with E-state index in [1.807, 2.05) is 12.1 Å². The Balaban J connectivity index is 1.35. The summed E-state index contributed by atoms with van der Waals surface area (Å²) in [6, 6.07) is 8.27. The predicted octanol–water partition coefficient (Wildman–Crippen LogP) is 5.21. The number of anilines is 2. The van der Waals surface area contributed by atoms with Crippen molar-refractivity contribution in [3.63, 3.8) is 0 Å². The molecule has 0 saturated carbocycles. The van der Waals surface area contributed by atoms with Crippen LogP contribution in [-0.2, 0) is 9.47 Å². The summed E-state index contributed by atoms with van der Waals surface area (Å²) in [5.74, 6) is 1.41. The number of fused-ring (bicyclic) bond motifs is 1. The van der Waals surface area contributed by atoms with E-state index in [4.69, 9.17) is 30.5 Å². The van der Waals surface area contributed by atoms with Crippen molar-refractivity contribution in [1.29, 1.82) is 0 Å². The van der Waals surface area contributed by atoms with Gasteiger partial charge in [-0.25, -0.2) is 14.4 Å². The summed E-state index contributed by atoms with van der Waals surface area (Å²) in [4.78, 5) is 11.3. The van der Waals surface area contributed by atoms with Crippen LogP contribution in [0.2, 0.25) is 5.02 Å². The number of benzene rings is 2. The predicted molar refractivity (Wildman–Crippen MR) is 141 cm³/mol. The Morgan fingerprint density at radius 3 is 2.76 bits per heavy atom. The Kier molecular flexibility index (Phi) is 8.88. The third-order valence-corrected chi connectivity index (χ3v) is 6.83. The largest absolute Gasteiger partial charge is 0.490 e. The first-order valence-corrected chi connectivity index (χ1v) is 13.2. The minimum Gasteiger partial charge on any atom is -0.490 e. The fraction of sp³-hybridized carbons (Fsp3) is 0.481. The molecule has 2 aromatic carbocycles. The molecule has 1 N–H and O–H groups in total. The van der Waals surface area contributed by atoms with Crippen molar-refractivity contribution in [2.75, 3.05) is 58.0 Å². The second-order valence-electron chi connectivity index (χ2n) is 9.23. The molecule has 2 aliphatic heterocycles. The molecule has 0 radical (unpaired) electrons. The third kappa shape index (κ3) is 6.98. The van der Waals surface area contributed by atoms with Crippen LogP contribution in [0.25, 0.3) is 10.9 Å². The van der Waals surface area contributed by atoms with Gasteiger partial charge in [0, 0.05) is 56.2 Å². The molecule has 0 bridgehead atoms. The quantitative estimate of drug-likeness (QED) is 0.378. The average molecular weight is 531 g/mol. The minimum absolute atomic E-state index is 0.0373. The first-order valence-electron chi connectivity index (χ1n) is 12.8. The molecule has 2 fully saturated rings. The zero-order chi connectivity index (χ0) is 25.5. The standard InChI is InChI=1S/C27H32ClFN4O4/c28-22-15-19(3-4-23(22)29)32-27-21-16-26(37-20-5-12-35-13-6-20)25(17-24(21)30-18-31-27)36-11-2-8-33-7-1-10-34-14-9-33/h3-4,15-18,20H,1-2,5-14H2,(H,30,31,32). The fourth-order valence-corrected chi connectivity index (χ4v) is 4.72. The molecule has 198 valence electrons. The van der Waals surface area contributed by atoms with E-state index < -0.39 is 5.82 Å². The summed E-state index contributed by atoms with van der Waals surface area (Å²) in [5.41, 5.74) is 1.34. The van der Waals surface area contributed by atoms with E-state index in [1.54, 1.807) is 6.07 Å². The Bertz CT molecular complexity index is 1190. The van der Waals surface area contributed by atoms with Crippen molar-refractivity contribution in [2.45, 2.75) is 31.8 Å². The molecule has 10 heteroatoms. The van der Waals surface area contributed by atoms with Gasteiger partial charge in [0.25, 0.3) is 0 Å². The van der Waals surface area contributed by atoms with Crippen LogP contribution in [0.5, 0.6) is 11.5 Å². The molecule has 0 aliphatic carbocycles. The van der Waals surface area contributed by atoms with Crippen LogP contribution < -0.4 is 14.8 Å². The smallest absolute Gasteiger partial charge is 0.163 e. The van der Waals surface area contributed by atoms with Crippen molar-refractivity contribution in [3.05, 3.63) is 47.5 Å². The molecule has 8 nitrogen and oxygen atoms in total. The fourth-order valence-electron chi connectivity index (χ4n) is 4.54. The number of halogens is 2. The number of hydrogen-bond donors (Lipinski definition) is 1. The van der Waals surface area contributed by atoms with E-state index in [-0.39, 0.29) is 11.1 Å². The molecule has 0 spiro atoms. The number of aromatic nitrogens is 2. The van der Waals surface area contributed by atoms with Gasteiger partial charge in [-0.15, -0.1) is 0 Å². The summed E-state index contributed by atoms with van der Waals surface area (Å²) in [7, 11) is 0. The van der Waals surface area contributed by atoms with Crippen LogP contribution in [0.1, 0.15) is 25.7 Å². The highest BCUT2D eigenvalue weighted by Gasteiger charge is 2.20. The molecule has 0 unspecified atom stereocenters. The monoisotopic (exact) mass is 530 g/mol. The molecule has 0 amide bonds. The topological polar surface area (TPSA) is 78.0 Å². The average Bonchev–Trinajstić information content (AvgIpc) is 3.19. The number of ether oxygens (including phenoxy) is 4. The van der Waals surface area contributed by atoms with Crippen LogP contribution in [0.15, 0.2) is 36.7 Å². The van der Waals surface area contributed by atoms with Crippen molar-refractivity contribution < 1.29 is 23.3 Å². The van der Waals surface area contributed by atoms with Gasteiger partial charge in [0.05, 0.1) is 37.0 Å². The van der Waals surface area contributed by atoms with E-state index >= 15 is 0 Å². The highest BCUT2D eigenvalue weighted by molar-refractivity contribution is 6.31. The summed E-state index contributed by atoms with van der Waals surface area (Å²) >= 11 is 5.97. The van der Waals surface area contributed by atoms with Gasteiger partial charge in [-0.1, -0.05) is 11.6 Å². The van der Waals surface area contributed by atoms with Crippen LogP contribution in [0.3, 0.4) is 0 Å². The van der Waals surface area contributed by atoms with Crippen molar-refractivity contribution in [3.8, 4) is 11.5 Å². The van der Waals surface area contributed by atoms with Crippen molar-refractivity contribution in [1.82, 2.24) is 14.9 Å². The van der Waals surface area contributed by atoms with Gasteiger partial charge in [-0.3, -0.25) is 0 Å². The van der Waals surface area contributed by atoms with Crippen LogP contribution in [0.4, 0.5) is 15.9 Å². The molecule has 2 saturated heterocycles. The van der Waals surface area contributed by atoms with E-state index in [1.165, 1.54) is 18.5 Å². The third-order valence-electron chi connectivity index (χ3n) is 6.54. The lowest BCUT2D eigenvalue weighted by molar-refractivity contribution is 0.0243. The minimum atomic E-state index is -0.474. The molecule has 1 aromatic heterocycles. The normalized spacial score (nSPS) is 17.5. The van der Waals surface area contributed by atoms with Crippen LogP contribution >= 0.6 is 11.6 Å². The highest BCUT2D eigenvalue weighted by atomic mass is 35.5. The Hall–Kier alpha value is -2.72. The van der Waals surface area contributed by atoms with Crippen molar-refractivity contribution in [2.24, 2.45) is 0 Å². The van der Waals surface area contributed by atoms with Gasteiger partial charge in [-0.2, -0.15) is 0 Å². The molecular formula is C27H32ClFN4O4. The van der Waals surface area contributed by atoms with Gasteiger partial charge < -0.3 is 29.2 Å². The van der Waals surface area contributed by atoms with E-state index in [0.717, 1.165) is 63.9 Å². The van der Waals surface area contributed by atoms with E-state index in [9.17, 15) is 4.39 Å². The maximum atomic E-state index is 13.6. The summed E-state index contributed by atoms with van der Waals surface area (Å²) < 4.78 is 37.3. The molecule has 37 heavy (non-hydrogen) atoms. The number of nitrogens with one attached hydrogen (secondary N) is 1. The van der Waals surface area contributed by atoms with Crippen molar-refractivity contribution >= 4 is 34.0 Å². The van der Waals surface area contributed by atoms with E-state index in [2.05, 4.69) is 20.2 Å². The molecule has 3 heterocycles. The van der Waals surface area contributed by atoms with Gasteiger partial charge in [0.1, 0.15) is 24.1 Å². The highest BCUT2D eigenvalue weighted by Crippen LogP contribution is 2.36. The molecule has 0 atom stereocenters. The second kappa shape index (κ2) is 12.7. The zero-order valence-electron chi connectivity index (χ0n) is 20.8. The van der Waals surface area contributed by atoms with Crippen LogP contribution in [0, 0.1) is 5.82 Å². The molecular weight excluding hydrogens is 499 g/mol. The lowest BCUT2D eigenvalue weighted by atomic mass is 10.1. The number of rotatable bonds is 9. The first-order chi connectivity index (χ1) is 18.2. The Morgan fingerprint density at radius 1 is 1.03 bits per heavy atom. The molecule has 3 aromatic rings. The summed E-state index contributed by atoms with van der Waals surface area (Å²) in [5, 5.41) is 4.03. The lowest BCUT2D eigenvalue weighted by Gasteiger charge is -2.25. The maximum absolute atomic E-state index is 13.6. The van der Waals surface area contributed by atoms with Gasteiger partial charge in [0.2, 0.25) is 0 Å². The Morgan fingerprint density at radius 2 is 1.89 bits per heavy atom. The Labute approximate surface area is 221 Å². The number of hydrogen-bond acceptors (Lipinski definition) is 8.